The second-order valence-electron chi connectivity index (χ2n) is 4.43. The van der Waals surface area contributed by atoms with Crippen LogP contribution in [0.3, 0.4) is 0 Å². The van der Waals surface area contributed by atoms with Gasteiger partial charge in [0, 0.05) is 10.9 Å². The van der Waals surface area contributed by atoms with Gasteiger partial charge in [-0.1, -0.05) is 0 Å². The van der Waals surface area contributed by atoms with Crippen molar-refractivity contribution in [1.29, 1.82) is 0 Å². The van der Waals surface area contributed by atoms with Gasteiger partial charge in [-0.05, 0) is 18.2 Å². The molecule has 0 saturated heterocycles. The van der Waals surface area contributed by atoms with Crippen LogP contribution in [-0.4, -0.2) is 38.9 Å². The molecule has 8 heteroatoms. The van der Waals surface area contributed by atoms with Crippen LogP contribution in [0.25, 0.3) is 16.2 Å². The van der Waals surface area contributed by atoms with Gasteiger partial charge in [0.05, 0.1) is 5.69 Å². The Hall–Kier alpha value is -2.61. The van der Waals surface area contributed by atoms with Gasteiger partial charge in [0.1, 0.15) is 13.2 Å². The molecule has 106 valence electrons. The van der Waals surface area contributed by atoms with E-state index in [1.165, 1.54) is 15.7 Å². The van der Waals surface area contributed by atoms with Crippen LogP contribution in [0.2, 0.25) is 0 Å². The van der Waals surface area contributed by atoms with E-state index in [-0.39, 0.29) is 5.82 Å². The molecule has 0 spiro atoms. The lowest BCUT2D eigenvalue weighted by atomic mass is 10.1. The van der Waals surface area contributed by atoms with Gasteiger partial charge in [0.2, 0.25) is 10.8 Å². The highest BCUT2D eigenvalue weighted by Gasteiger charge is 2.20. The number of nitrogens with zero attached hydrogens (tertiary/aromatic N) is 3. The first-order chi connectivity index (χ1) is 10.2. The molecule has 2 aromatic heterocycles. The van der Waals surface area contributed by atoms with Crippen molar-refractivity contribution in [2.24, 2.45) is 0 Å². The van der Waals surface area contributed by atoms with Gasteiger partial charge in [-0.2, -0.15) is 0 Å². The Kier molecular flexibility index (Phi) is 2.58. The van der Waals surface area contributed by atoms with Crippen molar-refractivity contribution >= 4 is 22.3 Å². The fourth-order valence-electron chi connectivity index (χ4n) is 2.26. The maximum absolute atomic E-state index is 11.2. The Morgan fingerprint density at radius 1 is 1.24 bits per heavy atom. The summed E-state index contributed by atoms with van der Waals surface area (Å²) >= 11 is 1.34. The second-order valence-corrected chi connectivity index (χ2v) is 5.26. The fraction of sp³-hybridized carbons (Fsp3) is 0.154. The third kappa shape index (κ3) is 1.83. The predicted octanol–water partition coefficient (Wildman–Crippen LogP) is 1.93. The predicted molar refractivity (Wildman–Crippen MR) is 74.2 cm³/mol. The second kappa shape index (κ2) is 4.45. The first-order valence-corrected chi connectivity index (χ1v) is 7.08. The van der Waals surface area contributed by atoms with Gasteiger partial charge in [-0.3, -0.25) is 4.40 Å². The number of carboxylic acids is 1. The van der Waals surface area contributed by atoms with Gasteiger partial charge >= 0.3 is 5.97 Å². The van der Waals surface area contributed by atoms with Crippen molar-refractivity contribution in [1.82, 2.24) is 14.6 Å². The van der Waals surface area contributed by atoms with E-state index in [2.05, 4.69) is 10.2 Å². The van der Waals surface area contributed by atoms with Crippen LogP contribution >= 0.6 is 11.3 Å². The van der Waals surface area contributed by atoms with E-state index in [9.17, 15) is 9.90 Å². The SMILES string of the molecule is O=C(O)c1nnc2scc(-c3ccc4c(c3)OCCO4)n12. The van der Waals surface area contributed by atoms with Crippen molar-refractivity contribution in [3.8, 4) is 22.8 Å². The van der Waals surface area contributed by atoms with E-state index in [1.54, 1.807) is 0 Å². The summed E-state index contributed by atoms with van der Waals surface area (Å²) in [6.07, 6.45) is 0. The Morgan fingerprint density at radius 3 is 2.86 bits per heavy atom. The van der Waals surface area contributed by atoms with Gasteiger partial charge in [-0.25, -0.2) is 4.79 Å². The van der Waals surface area contributed by atoms with Crippen molar-refractivity contribution < 1.29 is 19.4 Å². The molecule has 0 unspecified atom stereocenters. The molecule has 3 aromatic rings. The number of hydrogen-bond donors (Lipinski definition) is 1. The van der Waals surface area contributed by atoms with Crippen LogP contribution in [0, 0.1) is 0 Å². The number of aromatic carboxylic acids is 1. The molecule has 4 rings (SSSR count). The van der Waals surface area contributed by atoms with E-state index in [1.807, 2.05) is 23.6 Å². The fourth-order valence-corrected chi connectivity index (χ4v) is 3.10. The summed E-state index contributed by atoms with van der Waals surface area (Å²) in [5, 5.41) is 18.6. The average molecular weight is 303 g/mol. The number of hydrogen-bond acceptors (Lipinski definition) is 6. The Morgan fingerprint density at radius 2 is 2.05 bits per heavy atom. The zero-order valence-electron chi connectivity index (χ0n) is 10.6. The van der Waals surface area contributed by atoms with Gasteiger partial charge in [0.15, 0.2) is 11.5 Å². The van der Waals surface area contributed by atoms with E-state index >= 15 is 0 Å². The largest absolute Gasteiger partial charge is 0.486 e. The molecule has 21 heavy (non-hydrogen) atoms. The van der Waals surface area contributed by atoms with Crippen molar-refractivity contribution in [2.75, 3.05) is 13.2 Å². The number of carboxylic acid groups (broad SMARTS) is 1. The summed E-state index contributed by atoms with van der Waals surface area (Å²) < 4.78 is 12.6. The summed E-state index contributed by atoms with van der Waals surface area (Å²) in [7, 11) is 0. The number of carbonyl (C=O) groups is 1. The molecule has 1 N–H and O–H groups in total. The molecule has 1 aliphatic heterocycles. The van der Waals surface area contributed by atoms with Crippen LogP contribution in [0.5, 0.6) is 11.5 Å². The zero-order chi connectivity index (χ0) is 14.4. The maximum Gasteiger partial charge on any atom is 0.374 e. The Labute approximate surface area is 122 Å². The smallest absolute Gasteiger partial charge is 0.374 e. The summed E-state index contributed by atoms with van der Waals surface area (Å²) in [6, 6.07) is 5.51. The summed E-state index contributed by atoms with van der Waals surface area (Å²) in [5.41, 5.74) is 1.54. The molecule has 0 aliphatic carbocycles. The maximum atomic E-state index is 11.2. The van der Waals surface area contributed by atoms with Gasteiger partial charge in [-0.15, -0.1) is 21.5 Å². The first kappa shape index (κ1) is 12.2. The van der Waals surface area contributed by atoms with Crippen LogP contribution in [-0.2, 0) is 0 Å². The number of fused-ring (bicyclic) bond motifs is 2. The van der Waals surface area contributed by atoms with Crippen LogP contribution in [0.1, 0.15) is 10.6 Å². The number of thiazole rings is 1. The number of rotatable bonds is 2. The van der Waals surface area contributed by atoms with Crippen LogP contribution < -0.4 is 9.47 Å². The summed E-state index contributed by atoms with van der Waals surface area (Å²) in [6.45, 7) is 1.03. The minimum atomic E-state index is -1.11. The Bertz CT molecular complexity index is 854. The van der Waals surface area contributed by atoms with E-state index < -0.39 is 5.97 Å². The Balaban J connectivity index is 1.90. The molecule has 1 aromatic carbocycles. The molecular weight excluding hydrogens is 294 g/mol. The third-order valence-corrected chi connectivity index (χ3v) is 4.00. The highest BCUT2D eigenvalue weighted by Crippen LogP contribution is 2.35. The molecule has 3 heterocycles. The molecule has 0 bridgehead atoms. The normalized spacial score (nSPS) is 13.5. The van der Waals surface area contributed by atoms with Crippen LogP contribution in [0.15, 0.2) is 23.6 Å². The molecular formula is C13H9N3O4S. The molecule has 0 radical (unpaired) electrons. The number of aromatic nitrogens is 3. The van der Waals surface area contributed by atoms with E-state index in [0.29, 0.717) is 29.7 Å². The van der Waals surface area contributed by atoms with Gasteiger partial charge in [0.25, 0.3) is 0 Å². The van der Waals surface area contributed by atoms with E-state index in [4.69, 9.17) is 9.47 Å². The monoisotopic (exact) mass is 303 g/mol. The topological polar surface area (TPSA) is 86.0 Å². The van der Waals surface area contributed by atoms with Crippen molar-refractivity contribution in [3.05, 3.63) is 29.4 Å². The lowest BCUT2D eigenvalue weighted by Gasteiger charge is -2.18. The summed E-state index contributed by atoms with van der Waals surface area (Å²) in [5.74, 6) is 0.137. The van der Waals surface area contributed by atoms with E-state index in [0.717, 1.165) is 11.3 Å². The zero-order valence-corrected chi connectivity index (χ0v) is 11.5. The first-order valence-electron chi connectivity index (χ1n) is 6.20. The molecule has 0 atom stereocenters. The highest BCUT2D eigenvalue weighted by molar-refractivity contribution is 7.15. The minimum Gasteiger partial charge on any atom is -0.486 e. The van der Waals surface area contributed by atoms with Crippen molar-refractivity contribution in [3.63, 3.8) is 0 Å². The lowest BCUT2D eigenvalue weighted by molar-refractivity contribution is 0.0682. The standard InChI is InChI=1S/C13H9N3O4S/c17-12(18)11-14-15-13-16(11)8(6-21-13)7-1-2-9-10(5-7)20-4-3-19-9/h1-2,5-6H,3-4H2,(H,17,18). The molecule has 0 amide bonds. The van der Waals surface area contributed by atoms with Gasteiger partial charge < -0.3 is 14.6 Å². The quantitative estimate of drug-likeness (QED) is 0.778. The average Bonchev–Trinajstić information content (AvgIpc) is 3.08. The lowest BCUT2D eigenvalue weighted by Crippen LogP contribution is -2.15. The highest BCUT2D eigenvalue weighted by atomic mass is 32.1. The molecule has 0 saturated carbocycles. The number of ether oxygens (including phenoxy) is 2. The molecule has 7 nitrogen and oxygen atoms in total. The summed E-state index contributed by atoms with van der Waals surface area (Å²) in [4.78, 5) is 11.8. The van der Waals surface area contributed by atoms with Crippen LogP contribution in [0.4, 0.5) is 0 Å². The third-order valence-electron chi connectivity index (χ3n) is 3.18. The molecule has 0 fully saturated rings. The minimum absolute atomic E-state index is 0.101. The van der Waals surface area contributed by atoms with Crippen molar-refractivity contribution in [2.45, 2.75) is 0 Å². The number of benzene rings is 1. The molecule has 1 aliphatic rings.